The summed E-state index contributed by atoms with van der Waals surface area (Å²) in [5.41, 5.74) is 25.1. The van der Waals surface area contributed by atoms with Gasteiger partial charge in [-0.2, -0.15) is 0 Å². The van der Waals surface area contributed by atoms with E-state index in [9.17, 15) is 53.4 Å². The Balaban J connectivity index is 1.65. The fourth-order valence-corrected chi connectivity index (χ4v) is 8.13. The summed E-state index contributed by atoms with van der Waals surface area (Å²) in [6, 6.07) is 6.44. The number of fused-ring (bicyclic) bond motifs is 1. The van der Waals surface area contributed by atoms with Gasteiger partial charge in [-0.05, 0) is 68.7 Å². The monoisotopic (exact) mass is 1070 g/mol. The molecular weight excluding hydrogens is 999 g/mol. The first-order chi connectivity index (χ1) is 36.9. The van der Waals surface area contributed by atoms with Gasteiger partial charge in [0, 0.05) is 61.2 Å². The van der Waals surface area contributed by atoms with E-state index >= 15 is 0 Å². The lowest BCUT2D eigenvalue weighted by Gasteiger charge is -2.27. The van der Waals surface area contributed by atoms with Crippen molar-refractivity contribution in [3.05, 3.63) is 90.1 Å². The molecule has 0 unspecified atom stereocenters. The molecule has 7 atom stereocenters. The topological polar surface area (TPSA) is 439 Å². The number of nitrogens with zero attached hydrogens (tertiary/aromatic N) is 2. The van der Waals surface area contributed by atoms with E-state index in [0.29, 0.717) is 49.0 Å². The Bertz CT molecular complexity index is 2610. The van der Waals surface area contributed by atoms with Crippen molar-refractivity contribution >= 4 is 70.2 Å². The molecule has 7 amide bonds. The van der Waals surface area contributed by atoms with Gasteiger partial charge in [0.2, 0.25) is 41.4 Å². The van der Waals surface area contributed by atoms with Gasteiger partial charge in [0.15, 0.2) is 5.96 Å². The van der Waals surface area contributed by atoms with Crippen LogP contribution in [0.1, 0.15) is 88.0 Å². The van der Waals surface area contributed by atoms with E-state index in [1.54, 1.807) is 48.7 Å². The molecule has 26 heteroatoms. The van der Waals surface area contributed by atoms with Crippen LogP contribution in [0.4, 0.5) is 0 Å². The number of carboxylic acid groups (broad SMARTS) is 2. The second-order valence-corrected chi connectivity index (χ2v) is 18.4. The molecular formula is C51H73N15O11. The molecule has 0 saturated heterocycles. The zero-order valence-corrected chi connectivity index (χ0v) is 43.1. The number of carboxylic acids is 2. The van der Waals surface area contributed by atoms with Crippen LogP contribution in [0.5, 0.6) is 0 Å². The molecule has 0 bridgehead atoms. The van der Waals surface area contributed by atoms with Gasteiger partial charge in [-0.15, -0.1) is 0 Å². The third-order valence-electron chi connectivity index (χ3n) is 12.3. The van der Waals surface area contributed by atoms with E-state index in [1.165, 1.54) is 12.5 Å². The Labute approximate surface area is 444 Å². The summed E-state index contributed by atoms with van der Waals surface area (Å²) in [7, 11) is 0. The fraction of sp³-hybridized carbons (Fsp3) is 0.471. The van der Waals surface area contributed by atoms with Gasteiger partial charge in [-0.25, -0.2) is 9.78 Å². The Hall–Kier alpha value is -8.39. The number of nitrogens with two attached hydrogens (primary N) is 4. The molecule has 0 aliphatic heterocycles. The molecule has 19 N–H and O–H groups in total. The van der Waals surface area contributed by atoms with E-state index < -0.39 is 109 Å². The van der Waals surface area contributed by atoms with Crippen LogP contribution in [0.25, 0.3) is 10.9 Å². The SMILES string of the molecule is CCCC[C@H](N)C(=O)N[C@@H](CCC(=O)O)C(=O)N[C@@H](Cc1cnc[nH]1)C(=O)N[C@@H](Cc1ccccc1)C(=O)N[C@@H](CCCN=C(N)N)C(=O)N[C@@H](Cc1c[nH]c2ccccc12)C(=O)NCC(=O)N[C@@H](CCCCN)C(=O)O. The van der Waals surface area contributed by atoms with Crippen LogP contribution in [0.3, 0.4) is 0 Å². The second-order valence-electron chi connectivity index (χ2n) is 18.4. The number of para-hydroxylation sites is 1. The number of aromatic nitrogens is 3. The number of benzene rings is 2. The maximum Gasteiger partial charge on any atom is 0.326 e. The normalized spacial score (nSPS) is 13.8. The summed E-state index contributed by atoms with van der Waals surface area (Å²) in [6.45, 7) is 1.62. The van der Waals surface area contributed by atoms with Crippen molar-refractivity contribution in [3.63, 3.8) is 0 Å². The molecule has 77 heavy (non-hydrogen) atoms. The minimum atomic E-state index is -1.46. The largest absolute Gasteiger partial charge is 0.481 e. The highest BCUT2D eigenvalue weighted by Gasteiger charge is 2.34. The molecule has 2 heterocycles. The molecule has 4 rings (SSSR count). The number of rotatable bonds is 35. The average molecular weight is 1070 g/mol. The number of aliphatic imine (C=N–C) groups is 1. The number of nitrogens with one attached hydrogen (secondary N) is 9. The Morgan fingerprint density at radius 2 is 1.23 bits per heavy atom. The number of hydrogen-bond acceptors (Lipinski definition) is 13. The van der Waals surface area contributed by atoms with Gasteiger partial charge >= 0.3 is 11.9 Å². The summed E-state index contributed by atoms with van der Waals surface area (Å²) in [4.78, 5) is 135. The standard InChI is InChI=1S/C51H73N15O11/c1-2-3-15-34(53)44(70)62-37(19-20-43(68)69)47(73)66-41(25-32-27-56-29-60-32)49(75)64-39(23-30-12-5-4-6-13-30)48(74)63-36(18-11-22-57-51(54)55)46(72)65-40(24-31-26-58-35-16-8-7-14-33(31)35)45(71)59-28-42(67)61-38(50(76)77)17-9-10-21-52/h4-8,12-14,16,26-27,29,34,36-41,58H,2-3,9-11,15,17-25,28,52-53H2,1H3,(H,56,60)(H,59,71)(H,61,67)(H,62,70)(H,63,74)(H,64,75)(H,65,72)(H,66,73)(H,68,69)(H,76,77)(H4,54,55,57)/t34-,36-,37-,38-,39-,40-,41-/m0/s1. The second kappa shape index (κ2) is 32.1. The minimum absolute atomic E-state index is 0.0255. The van der Waals surface area contributed by atoms with Gasteiger partial charge in [0.05, 0.1) is 18.9 Å². The van der Waals surface area contributed by atoms with E-state index in [1.807, 2.05) is 19.1 Å². The Morgan fingerprint density at radius 1 is 0.636 bits per heavy atom. The summed E-state index contributed by atoms with van der Waals surface area (Å²) in [5.74, 6) is -8.55. The Morgan fingerprint density at radius 3 is 1.86 bits per heavy atom. The molecule has 0 aliphatic carbocycles. The van der Waals surface area contributed by atoms with Crippen molar-refractivity contribution in [2.24, 2.45) is 27.9 Å². The lowest BCUT2D eigenvalue weighted by atomic mass is 10.0. The van der Waals surface area contributed by atoms with E-state index in [2.05, 4.69) is 57.2 Å². The first kappa shape index (κ1) is 61.2. The van der Waals surface area contributed by atoms with Gasteiger partial charge < -0.3 is 80.3 Å². The lowest BCUT2D eigenvalue weighted by molar-refractivity contribution is -0.142. The van der Waals surface area contributed by atoms with Gasteiger partial charge in [-0.3, -0.25) is 43.3 Å². The zero-order chi connectivity index (χ0) is 56.3. The van der Waals surface area contributed by atoms with Crippen LogP contribution in [-0.4, -0.2) is 146 Å². The van der Waals surface area contributed by atoms with Crippen LogP contribution in [0, 0.1) is 0 Å². The van der Waals surface area contributed by atoms with Crippen LogP contribution in [-0.2, 0) is 62.4 Å². The van der Waals surface area contributed by atoms with Crippen LogP contribution in [0.2, 0.25) is 0 Å². The van der Waals surface area contributed by atoms with Crippen molar-refractivity contribution < 1.29 is 53.4 Å². The van der Waals surface area contributed by atoms with Gasteiger partial charge in [0.25, 0.3) is 0 Å². The fourth-order valence-electron chi connectivity index (χ4n) is 8.13. The Kier molecular flexibility index (Phi) is 25.5. The number of hydrogen-bond donors (Lipinski definition) is 15. The average Bonchev–Trinajstić information content (AvgIpc) is 4.08. The summed E-state index contributed by atoms with van der Waals surface area (Å²) in [6.07, 6.45) is 5.86. The predicted octanol–water partition coefficient (Wildman–Crippen LogP) is -1.41. The van der Waals surface area contributed by atoms with E-state index in [0.717, 1.165) is 17.3 Å². The number of carbonyl (C=O) groups is 9. The lowest BCUT2D eigenvalue weighted by Crippen LogP contribution is -2.60. The van der Waals surface area contributed by atoms with Crippen molar-refractivity contribution in [2.45, 2.75) is 133 Å². The smallest absolute Gasteiger partial charge is 0.326 e. The number of carbonyl (C=O) groups excluding carboxylic acids is 7. The number of aromatic amines is 2. The number of H-pyrrole nitrogens is 2. The van der Waals surface area contributed by atoms with Gasteiger partial charge in [0.1, 0.15) is 36.3 Å². The maximum absolute atomic E-state index is 14.7. The van der Waals surface area contributed by atoms with E-state index in [-0.39, 0.29) is 57.5 Å². The molecule has 0 spiro atoms. The van der Waals surface area contributed by atoms with Crippen molar-refractivity contribution in [1.29, 1.82) is 0 Å². The highest BCUT2D eigenvalue weighted by Crippen LogP contribution is 2.20. The quantitative estimate of drug-likeness (QED) is 0.0143. The highest BCUT2D eigenvalue weighted by molar-refractivity contribution is 5.98. The summed E-state index contributed by atoms with van der Waals surface area (Å²) < 4.78 is 0. The van der Waals surface area contributed by atoms with E-state index in [4.69, 9.17) is 22.9 Å². The molecule has 2 aromatic carbocycles. The predicted molar refractivity (Wildman–Crippen MR) is 284 cm³/mol. The minimum Gasteiger partial charge on any atom is -0.481 e. The molecule has 4 aromatic rings. The summed E-state index contributed by atoms with van der Waals surface area (Å²) in [5, 5.41) is 38.1. The van der Waals surface area contributed by atoms with Crippen molar-refractivity contribution in [1.82, 2.24) is 52.2 Å². The number of guanidine groups is 1. The number of amides is 7. The zero-order valence-electron chi connectivity index (χ0n) is 43.1. The van der Waals surface area contributed by atoms with Gasteiger partial charge in [-0.1, -0.05) is 68.3 Å². The highest BCUT2D eigenvalue weighted by atomic mass is 16.4. The first-order valence-corrected chi connectivity index (χ1v) is 25.5. The van der Waals surface area contributed by atoms with Crippen molar-refractivity contribution in [2.75, 3.05) is 19.6 Å². The molecule has 0 saturated carbocycles. The molecule has 26 nitrogen and oxygen atoms in total. The number of imidazole rings is 1. The van der Waals surface area contributed by atoms with Crippen LogP contribution >= 0.6 is 0 Å². The maximum atomic E-state index is 14.7. The first-order valence-electron chi connectivity index (χ1n) is 25.5. The molecule has 0 fully saturated rings. The molecule has 0 radical (unpaired) electrons. The van der Waals surface area contributed by atoms with Crippen LogP contribution in [0.15, 0.2) is 78.3 Å². The molecule has 2 aromatic heterocycles. The third kappa shape index (κ3) is 21.4. The van der Waals surface area contributed by atoms with Crippen LogP contribution < -0.4 is 60.2 Å². The third-order valence-corrected chi connectivity index (χ3v) is 12.3. The molecule has 0 aliphatic rings. The number of unbranched alkanes of at least 4 members (excludes halogenated alkanes) is 2. The molecule has 418 valence electrons. The number of aliphatic carboxylic acids is 2. The summed E-state index contributed by atoms with van der Waals surface area (Å²) >= 11 is 0. The van der Waals surface area contributed by atoms with Crippen molar-refractivity contribution in [3.8, 4) is 0 Å².